The van der Waals surface area contributed by atoms with Gasteiger partial charge in [-0.1, -0.05) is 35.3 Å². The minimum Gasteiger partial charge on any atom is -0.349 e. The molecule has 0 saturated heterocycles. The van der Waals surface area contributed by atoms with Crippen molar-refractivity contribution >= 4 is 23.2 Å². The van der Waals surface area contributed by atoms with Crippen LogP contribution in [0.4, 0.5) is 0 Å². The standard InChI is InChI=1S/C8H7Cl2O2/c1-12-8(11)5-3-2-4-6(9)7(5)10/h2-4,8H,1H3. The number of hydrogen-bond donors (Lipinski definition) is 0. The molecule has 0 aliphatic heterocycles. The number of benzene rings is 1. The van der Waals surface area contributed by atoms with Gasteiger partial charge in [-0.25, -0.2) is 0 Å². The summed E-state index contributed by atoms with van der Waals surface area (Å²) in [4.78, 5) is 0. The Morgan fingerprint density at radius 3 is 2.67 bits per heavy atom. The van der Waals surface area contributed by atoms with Crippen LogP contribution in [-0.4, -0.2) is 7.11 Å². The number of hydrogen-bond acceptors (Lipinski definition) is 1. The van der Waals surface area contributed by atoms with Gasteiger partial charge in [0.1, 0.15) is 0 Å². The highest BCUT2D eigenvalue weighted by atomic mass is 35.5. The highest BCUT2D eigenvalue weighted by Gasteiger charge is 2.13. The van der Waals surface area contributed by atoms with Crippen LogP contribution in [-0.2, 0) is 9.84 Å². The molecule has 1 radical (unpaired) electrons. The first-order valence-corrected chi connectivity index (χ1v) is 4.05. The molecule has 0 N–H and O–H groups in total. The molecule has 1 atom stereocenters. The molecule has 65 valence electrons. The molecule has 1 unspecified atom stereocenters. The quantitative estimate of drug-likeness (QED) is 0.683. The smallest absolute Gasteiger partial charge is 0.218 e. The number of rotatable bonds is 2. The predicted molar refractivity (Wildman–Crippen MR) is 46.9 cm³/mol. The molecule has 0 heterocycles. The van der Waals surface area contributed by atoms with Crippen LogP contribution in [0.15, 0.2) is 18.2 Å². The molecule has 12 heavy (non-hydrogen) atoms. The van der Waals surface area contributed by atoms with E-state index in [9.17, 15) is 5.11 Å². The van der Waals surface area contributed by atoms with E-state index in [2.05, 4.69) is 4.74 Å². The van der Waals surface area contributed by atoms with Gasteiger partial charge < -0.3 is 4.74 Å². The van der Waals surface area contributed by atoms with E-state index in [1.54, 1.807) is 18.2 Å². The summed E-state index contributed by atoms with van der Waals surface area (Å²) >= 11 is 11.4. The second-order valence-electron chi connectivity index (χ2n) is 2.21. The fraction of sp³-hybridized carbons (Fsp3) is 0.250. The van der Waals surface area contributed by atoms with Gasteiger partial charge in [0.15, 0.2) is 0 Å². The highest BCUT2D eigenvalue weighted by Crippen LogP contribution is 2.30. The third-order valence-electron chi connectivity index (χ3n) is 1.45. The molecule has 1 rings (SSSR count). The van der Waals surface area contributed by atoms with Gasteiger partial charge in [-0.05, 0) is 6.07 Å². The monoisotopic (exact) mass is 205 g/mol. The Bertz CT molecular complexity index is 276. The lowest BCUT2D eigenvalue weighted by Crippen LogP contribution is -1.98. The molecule has 4 heteroatoms. The zero-order valence-electron chi connectivity index (χ0n) is 6.38. The lowest BCUT2D eigenvalue weighted by Gasteiger charge is -2.08. The fourth-order valence-corrected chi connectivity index (χ4v) is 1.23. The van der Waals surface area contributed by atoms with Crippen LogP contribution in [0.25, 0.3) is 0 Å². The molecule has 0 aromatic heterocycles. The minimum absolute atomic E-state index is 0.265. The Hall–Kier alpha value is -0.280. The van der Waals surface area contributed by atoms with Gasteiger partial charge in [-0.3, -0.25) is 0 Å². The maximum Gasteiger partial charge on any atom is 0.218 e. The van der Waals surface area contributed by atoms with E-state index in [4.69, 9.17) is 23.2 Å². The SMILES string of the molecule is COC([O])c1cccc(Cl)c1Cl. The average molecular weight is 206 g/mol. The first kappa shape index (κ1) is 9.81. The first-order chi connectivity index (χ1) is 5.66. The van der Waals surface area contributed by atoms with E-state index >= 15 is 0 Å². The maximum atomic E-state index is 11.1. The number of halogens is 2. The van der Waals surface area contributed by atoms with E-state index in [0.717, 1.165) is 0 Å². The molecule has 0 amide bonds. The molecular formula is C8H7Cl2O2. The zero-order chi connectivity index (χ0) is 9.14. The summed E-state index contributed by atoms with van der Waals surface area (Å²) in [5.41, 5.74) is 0.367. The molecule has 0 aliphatic carbocycles. The van der Waals surface area contributed by atoms with Crippen LogP contribution >= 0.6 is 23.2 Å². The van der Waals surface area contributed by atoms with E-state index < -0.39 is 6.29 Å². The Balaban J connectivity index is 3.07. The normalized spacial score (nSPS) is 13.0. The van der Waals surface area contributed by atoms with Crippen molar-refractivity contribution in [3.05, 3.63) is 33.8 Å². The summed E-state index contributed by atoms with van der Waals surface area (Å²) in [5, 5.41) is 11.7. The van der Waals surface area contributed by atoms with Gasteiger partial charge in [0.25, 0.3) is 0 Å². The fourth-order valence-electron chi connectivity index (χ4n) is 0.829. The van der Waals surface area contributed by atoms with E-state index in [0.29, 0.717) is 10.6 Å². The lowest BCUT2D eigenvalue weighted by atomic mass is 10.2. The van der Waals surface area contributed by atoms with Crippen LogP contribution < -0.4 is 0 Å². The zero-order valence-corrected chi connectivity index (χ0v) is 7.89. The van der Waals surface area contributed by atoms with Crippen molar-refractivity contribution in [1.29, 1.82) is 0 Å². The van der Waals surface area contributed by atoms with Gasteiger partial charge in [0, 0.05) is 12.7 Å². The van der Waals surface area contributed by atoms with Gasteiger partial charge in [0.2, 0.25) is 6.29 Å². The second-order valence-corrected chi connectivity index (χ2v) is 3.00. The van der Waals surface area contributed by atoms with Crippen molar-refractivity contribution < 1.29 is 9.84 Å². The van der Waals surface area contributed by atoms with Crippen molar-refractivity contribution in [3.8, 4) is 0 Å². The topological polar surface area (TPSA) is 29.1 Å². The Labute approximate surface area is 80.7 Å². The first-order valence-electron chi connectivity index (χ1n) is 3.29. The van der Waals surface area contributed by atoms with Gasteiger partial charge in [0.05, 0.1) is 10.0 Å². The van der Waals surface area contributed by atoms with Crippen molar-refractivity contribution in [2.75, 3.05) is 7.11 Å². The third-order valence-corrected chi connectivity index (χ3v) is 2.28. The molecule has 1 aromatic rings. The van der Waals surface area contributed by atoms with Gasteiger partial charge >= 0.3 is 0 Å². The third kappa shape index (κ3) is 1.90. The molecule has 0 saturated carbocycles. The molecule has 0 bridgehead atoms. The lowest BCUT2D eigenvalue weighted by molar-refractivity contribution is -0.123. The number of ether oxygens (including phenoxy) is 1. The Morgan fingerprint density at radius 2 is 2.08 bits per heavy atom. The van der Waals surface area contributed by atoms with Crippen LogP contribution in [0.2, 0.25) is 10.0 Å². The Kier molecular flexibility index (Phi) is 3.35. The maximum absolute atomic E-state index is 11.1. The van der Waals surface area contributed by atoms with Crippen molar-refractivity contribution in [2.24, 2.45) is 0 Å². The molecular weight excluding hydrogens is 199 g/mol. The summed E-state index contributed by atoms with van der Waals surface area (Å²) in [5.74, 6) is 0. The van der Waals surface area contributed by atoms with E-state index in [1.807, 2.05) is 0 Å². The van der Waals surface area contributed by atoms with Crippen LogP contribution in [0.5, 0.6) is 0 Å². The van der Waals surface area contributed by atoms with Crippen LogP contribution in [0, 0.1) is 0 Å². The molecule has 0 spiro atoms. The van der Waals surface area contributed by atoms with Crippen molar-refractivity contribution in [1.82, 2.24) is 0 Å². The van der Waals surface area contributed by atoms with Crippen molar-refractivity contribution in [3.63, 3.8) is 0 Å². The van der Waals surface area contributed by atoms with Crippen LogP contribution in [0.3, 0.4) is 0 Å². The highest BCUT2D eigenvalue weighted by molar-refractivity contribution is 6.42. The molecule has 2 nitrogen and oxygen atoms in total. The number of methoxy groups -OCH3 is 1. The summed E-state index contributed by atoms with van der Waals surface area (Å²) in [6.07, 6.45) is -1.27. The second kappa shape index (κ2) is 4.10. The van der Waals surface area contributed by atoms with Crippen molar-refractivity contribution in [2.45, 2.75) is 6.29 Å². The molecule has 0 aliphatic rings. The minimum atomic E-state index is -1.27. The van der Waals surface area contributed by atoms with Gasteiger partial charge in [-0.2, -0.15) is 5.11 Å². The Morgan fingerprint density at radius 1 is 1.42 bits per heavy atom. The summed E-state index contributed by atoms with van der Waals surface area (Å²) in [6.45, 7) is 0. The summed E-state index contributed by atoms with van der Waals surface area (Å²) < 4.78 is 4.57. The van der Waals surface area contributed by atoms with Gasteiger partial charge in [-0.15, -0.1) is 0 Å². The molecule has 0 fully saturated rings. The molecule has 1 aromatic carbocycles. The van der Waals surface area contributed by atoms with Crippen LogP contribution in [0.1, 0.15) is 11.9 Å². The largest absolute Gasteiger partial charge is 0.349 e. The van der Waals surface area contributed by atoms with E-state index in [-0.39, 0.29) is 5.02 Å². The predicted octanol–water partition coefficient (Wildman–Crippen LogP) is 3.07. The average Bonchev–Trinajstić information content (AvgIpc) is 2.08. The van der Waals surface area contributed by atoms with E-state index in [1.165, 1.54) is 7.11 Å². The summed E-state index contributed by atoms with van der Waals surface area (Å²) in [6, 6.07) is 4.87. The summed E-state index contributed by atoms with van der Waals surface area (Å²) in [7, 11) is 1.33.